The van der Waals surface area contributed by atoms with E-state index in [-0.39, 0.29) is 17.3 Å². The van der Waals surface area contributed by atoms with E-state index in [1.807, 2.05) is 6.07 Å². The third kappa shape index (κ3) is 3.01. The van der Waals surface area contributed by atoms with Gasteiger partial charge in [0, 0.05) is 10.9 Å². The van der Waals surface area contributed by atoms with Crippen LogP contribution in [0.15, 0.2) is 18.2 Å². The number of hydrogen-bond acceptors (Lipinski definition) is 3. The van der Waals surface area contributed by atoms with Crippen LogP contribution in [0, 0.1) is 17.1 Å². The molecule has 0 radical (unpaired) electrons. The lowest BCUT2D eigenvalue weighted by Crippen LogP contribution is -2.19. The van der Waals surface area contributed by atoms with Crippen molar-refractivity contribution in [2.75, 3.05) is 5.33 Å². The molecule has 0 spiro atoms. The highest BCUT2D eigenvalue weighted by Crippen LogP contribution is 2.21. The zero-order chi connectivity index (χ0) is 12.1. The van der Waals surface area contributed by atoms with E-state index in [2.05, 4.69) is 15.9 Å². The Morgan fingerprint density at radius 2 is 2.12 bits per heavy atom. The van der Waals surface area contributed by atoms with E-state index in [0.29, 0.717) is 5.56 Å². The fraction of sp³-hybridized carbons (Fsp3) is 0.364. The molecule has 0 aliphatic heterocycles. The monoisotopic (exact) mass is 287 g/mol. The first-order chi connectivity index (χ1) is 7.60. The van der Waals surface area contributed by atoms with Crippen molar-refractivity contribution in [1.29, 1.82) is 5.26 Å². The van der Waals surface area contributed by atoms with Gasteiger partial charge >= 0.3 is 0 Å². The maximum absolute atomic E-state index is 13.4. The quantitative estimate of drug-likeness (QED) is 0.828. The standard InChI is InChI=1S/C11H11BrFNO2/c12-6-10(15)11(16)8-2-1-7(3-4-14)9(13)5-8/h1-2,5,10-11,15-16H,3,6H2. The Balaban J connectivity index is 2.93. The topological polar surface area (TPSA) is 64.2 Å². The van der Waals surface area contributed by atoms with Gasteiger partial charge in [-0.1, -0.05) is 28.1 Å². The van der Waals surface area contributed by atoms with Crippen LogP contribution in [-0.4, -0.2) is 21.6 Å². The van der Waals surface area contributed by atoms with Crippen LogP contribution in [0.25, 0.3) is 0 Å². The number of hydrogen-bond donors (Lipinski definition) is 2. The highest BCUT2D eigenvalue weighted by molar-refractivity contribution is 9.09. The number of nitriles is 1. The number of rotatable bonds is 4. The van der Waals surface area contributed by atoms with Gasteiger partial charge in [0.05, 0.1) is 18.6 Å². The van der Waals surface area contributed by atoms with E-state index in [9.17, 15) is 14.6 Å². The highest BCUT2D eigenvalue weighted by atomic mass is 79.9. The maximum Gasteiger partial charge on any atom is 0.127 e. The highest BCUT2D eigenvalue weighted by Gasteiger charge is 2.18. The van der Waals surface area contributed by atoms with E-state index in [1.54, 1.807) is 0 Å². The molecule has 3 nitrogen and oxygen atoms in total. The van der Waals surface area contributed by atoms with Crippen LogP contribution in [0.5, 0.6) is 0 Å². The number of benzene rings is 1. The van der Waals surface area contributed by atoms with Gasteiger partial charge in [-0.3, -0.25) is 0 Å². The summed E-state index contributed by atoms with van der Waals surface area (Å²) in [7, 11) is 0. The van der Waals surface area contributed by atoms with Crippen molar-refractivity contribution in [3.8, 4) is 6.07 Å². The number of alkyl halides is 1. The molecule has 0 bridgehead atoms. The summed E-state index contributed by atoms with van der Waals surface area (Å²) in [4.78, 5) is 0. The molecule has 16 heavy (non-hydrogen) atoms. The molecule has 86 valence electrons. The minimum Gasteiger partial charge on any atom is -0.389 e. The molecule has 0 amide bonds. The number of aliphatic hydroxyl groups is 2. The van der Waals surface area contributed by atoms with Crippen molar-refractivity contribution in [2.45, 2.75) is 18.6 Å². The van der Waals surface area contributed by atoms with Crippen molar-refractivity contribution in [1.82, 2.24) is 0 Å². The smallest absolute Gasteiger partial charge is 0.127 e. The molecule has 1 aromatic rings. The molecule has 0 fully saturated rings. The van der Waals surface area contributed by atoms with Crippen LogP contribution in [0.2, 0.25) is 0 Å². The Kier molecular flexibility index (Phi) is 4.87. The average Bonchev–Trinajstić information content (AvgIpc) is 2.30. The molecule has 2 N–H and O–H groups in total. The molecule has 2 atom stereocenters. The normalized spacial score (nSPS) is 14.2. The van der Waals surface area contributed by atoms with Crippen LogP contribution < -0.4 is 0 Å². The van der Waals surface area contributed by atoms with Crippen molar-refractivity contribution < 1.29 is 14.6 Å². The summed E-state index contributed by atoms with van der Waals surface area (Å²) in [6.07, 6.45) is -2.13. The summed E-state index contributed by atoms with van der Waals surface area (Å²) in [6.45, 7) is 0. The maximum atomic E-state index is 13.4. The van der Waals surface area contributed by atoms with Gasteiger partial charge in [0.2, 0.25) is 0 Å². The summed E-state index contributed by atoms with van der Waals surface area (Å²) in [5.41, 5.74) is 0.581. The fourth-order valence-corrected chi connectivity index (χ4v) is 1.64. The number of nitrogens with zero attached hydrogens (tertiary/aromatic N) is 1. The average molecular weight is 288 g/mol. The number of aliphatic hydroxyl groups excluding tert-OH is 2. The fourth-order valence-electron chi connectivity index (χ4n) is 1.28. The van der Waals surface area contributed by atoms with E-state index in [0.717, 1.165) is 6.07 Å². The van der Waals surface area contributed by atoms with Crippen LogP contribution in [0.3, 0.4) is 0 Å². The van der Waals surface area contributed by atoms with Crippen molar-refractivity contribution in [3.63, 3.8) is 0 Å². The van der Waals surface area contributed by atoms with Gasteiger partial charge in [-0.05, 0) is 11.6 Å². The van der Waals surface area contributed by atoms with Gasteiger partial charge in [0.15, 0.2) is 0 Å². The Morgan fingerprint density at radius 1 is 1.44 bits per heavy atom. The van der Waals surface area contributed by atoms with Gasteiger partial charge in [0.1, 0.15) is 11.9 Å². The molecule has 0 aromatic heterocycles. The van der Waals surface area contributed by atoms with Crippen molar-refractivity contribution in [3.05, 3.63) is 35.1 Å². The first-order valence-electron chi connectivity index (χ1n) is 4.67. The van der Waals surface area contributed by atoms with Crippen molar-refractivity contribution in [2.24, 2.45) is 0 Å². The molecule has 0 saturated carbocycles. The lowest BCUT2D eigenvalue weighted by Gasteiger charge is -2.16. The van der Waals surface area contributed by atoms with Gasteiger partial charge in [-0.2, -0.15) is 5.26 Å². The lowest BCUT2D eigenvalue weighted by atomic mass is 10.0. The molecule has 0 aliphatic rings. The molecule has 0 saturated heterocycles. The second kappa shape index (κ2) is 5.94. The van der Waals surface area contributed by atoms with Gasteiger partial charge in [0.25, 0.3) is 0 Å². The lowest BCUT2D eigenvalue weighted by molar-refractivity contribution is 0.0341. The Bertz CT molecular complexity index is 405. The molecule has 1 rings (SSSR count). The summed E-state index contributed by atoms with van der Waals surface area (Å²) in [6, 6.07) is 5.94. The Morgan fingerprint density at radius 3 is 2.62 bits per heavy atom. The SMILES string of the molecule is N#CCc1ccc(C(O)C(O)CBr)cc1F. The minimum absolute atomic E-state index is 0.0107. The first-order valence-corrected chi connectivity index (χ1v) is 5.79. The summed E-state index contributed by atoms with van der Waals surface area (Å²) < 4.78 is 13.4. The number of halogens is 2. The van der Waals surface area contributed by atoms with Crippen LogP contribution in [0.1, 0.15) is 17.2 Å². The van der Waals surface area contributed by atoms with Gasteiger partial charge < -0.3 is 10.2 Å². The third-order valence-corrected chi connectivity index (χ3v) is 2.87. The van der Waals surface area contributed by atoms with Crippen LogP contribution in [0.4, 0.5) is 4.39 Å². The minimum atomic E-state index is -1.13. The first kappa shape index (κ1) is 13.1. The zero-order valence-corrected chi connectivity index (χ0v) is 9.98. The van der Waals surface area contributed by atoms with Gasteiger partial charge in [-0.15, -0.1) is 0 Å². The van der Waals surface area contributed by atoms with Crippen LogP contribution >= 0.6 is 15.9 Å². The van der Waals surface area contributed by atoms with E-state index >= 15 is 0 Å². The molecule has 0 heterocycles. The molecular formula is C11H11BrFNO2. The summed E-state index contributed by atoms with van der Waals surface area (Å²) >= 11 is 3.02. The molecule has 5 heteroatoms. The van der Waals surface area contributed by atoms with E-state index in [1.165, 1.54) is 12.1 Å². The third-order valence-electron chi connectivity index (χ3n) is 2.21. The Labute approximate surface area is 101 Å². The molecule has 1 aromatic carbocycles. The molecular weight excluding hydrogens is 277 g/mol. The predicted molar refractivity (Wildman–Crippen MR) is 60.5 cm³/mol. The second-order valence-electron chi connectivity index (χ2n) is 3.35. The Hall–Kier alpha value is -0.960. The predicted octanol–water partition coefficient (Wildman–Crippen LogP) is 1.68. The summed E-state index contributed by atoms with van der Waals surface area (Å²) in [5.74, 6) is -0.542. The molecule has 0 aliphatic carbocycles. The van der Waals surface area contributed by atoms with E-state index in [4.69, 9.17) is 5.26 Å². The summed E-state index contributed by atoms with van der Waals surface area (Å²) in [5, 5.41) is 27.6. The second-order valence-corrected chi connectivity index (χ2v) is 4.00. The van der Waals surface area contributed by atoms with Crippen LogP contribution in [-0.2, 0) is 6.42 Å². The zero-order valence-electron chi connectivity index (χ0n) is 8.40. The van der Waals surface area contributed by atoms with E-state index < -0.39 is 18.0 Å². The van der Waals surface area contributed by atoms with Gasteiger partial charge in [-0.25, -0.2) is 4.39 Å². The largest absolute Gasteiger partial charge is 0.389 e. The van der Waals surface area contributed by atoms with Crippen molar-refractivity contribution >= 4 is 15.9 Å². The molecule has 2 unspecified atom stereocenters.